The molecule has 0 radical (unpaired) electrons. The molecule has 0 aliphatic heterocycles. The highest BCUT2D eigenvalue weighted by Crippen LogP contribution is 2.67. The lowest BCUT2D eigenvalue weighted by atomic mass is 9.90. The normalized spacial score (nSPS) is 52.7. The van der Waals surface area contributed by atoms with Crippen LogP contribution in [0.25, 0.3) is 0 Å². The number of halogens is 1. The third kappa shape index (κ3) is 0.440. The van der Waals surface area contributed by atoms with E-state index in [1.165, 1.54) is 19.3 Å². The molecule has 0 N–H and O–H groups in total. The van der Waals surface area contributed by atoms with Crippen LogP contribution in [0.5, 0.6) is 0 Å². The highest BCUT2D eigenvalue weighted by Gasteiger charge is 2.61. The lowest BCUT2D eigenvalue weighted by Crippen LogP contribution is -2.20. The first-order chi connectivity index (χ1) is 4.83. The first-order valence-electron chi connectivity index (χ1n) is 4.15. The lowest BCUT2D eigenvalue weighted by molar-refractivity contribution is 0.432. The largest absolute Gasteiger partial charge is 0.122 e. The van der Waals surface area contributed by atoms with Gasteiger partial charge in [0.25, 0.3) is 0 Å². The molecule has 3 aliphatic carbocycles. The van der Waals surface area contributed by atoms with Crippen molar-refractivity contribution in [2.24, 2.45) is 17.3 Å². The third-order valence-electron chi connectivity index (χ3n) is 3.61. The maximum absolute atomic E-state index is 6.31. The van der Waals surface area contributed by atoms with Crippen LogP contribution in [0.3, 0.4) is 0 Å². The van der Waals surface area contributed by atoms with E-state index in [-0.39, 0.29) is 0 Å². The van der Waals surface area contributed by atoms with E-state index in [0.29, 0.717) is 10.8 Å². The Labute approximate surface area is 66.3 Å². The van der Waals surface area contributed by atoms with Crippen molar-refractivity contribution in [1.29, 1.82) is 0 Å². The van der Waals surface area contributed by atoms with Crippen LogP contribution in [0.4, 0.5) is 0 Å². The monoisotopic (exact) mass is 154 g/mol. The van der Waals surface area contributed by atoms with E-state index in [4.69, 9.17) is 11.6 Å². The van der Waals surface area contributed by atoms with Gasteiger partial charge in [-0.05, 0) is 36.5 Å². The molecule has 0 aromatic heterocycles. The van der Waals surface area contributed by atoms with E-state index in [2.05, 4.69) is 12.2 Å². The molecule has 3 rings (SSSR count). The Balaban J connectivity index is 2.07. The van der Waals surface area contributed by atoms with Crippen molar-refractivity contribution >= 4 is 11.6 Å². The Morgan fingerprint density at radius 2 is 2.10 bits per heavy atom. The molecule has 2 fully saturated rings. The molecule has 1 spiro atoms. The van der Waals surface area contributed by atoms with Gasteiger partial charge in [0.05, 0.1) is 0 Å². The minimum Gasteiger partial charge on any atom is -0.122 e. The van der Waals surface area contributed by atoms with Gasteiger partial charge in [0.2, 0.25) is 0 Å². The molecule has 3 atom stereocenters. The summed E-state index contributed by atoms with van der Waals surface area (Å²) >= 11 is 6.31. The van der Waals surface area contributed by atoms with Gasteiger partial charge in [0, 0.05) is 5.38 Å². The summed E-state index contributed by atoms with van der Waals surface area (Å²) in [5.74, 6) is 1.59. The zero-order chi connectivity index (χ0) is 6.77. The van der Waals surface area contributed by atoms with Crippen molar-refractivity contribution in [3.8, 4) is 0 Å². The fraction of sp³-hybridized carbons (Fsp3) is 0.778. The Morgan fingerprint density at radius 1 is 1.30 bits per heavy atom. The molecule has 54 valence electrons. The van der Waals surface area contributed by atoms with Crippen molar-refractivity contribution in [2.75, 3.05) is 0 Å². The van der Waals surface area contributed by atoms with E-state index < -0.39 is 0 Å². The van der Waals surface area contributed by atoms with E-state index in [1.807, 2.05) is 0 Å². The fourth-order valence-corrected chi connectivity index (χ4v) is 3.36. The van der Waals surface area contributed by atoms with Gasteiger partial charge in [-0.2, -0.15) is 0 Å². The predicted molar refractivity (Wildman–Crippen MR) is 42.0 cm³/mol. The summed E-state index contributed by atoms with van der Waals surface area (Å²) in [6.07, 6.45) is 8.87. The number of hydrogen-bond donors (Lipinski definition) is 0. The van der Waals surface area contributed by atoms with Crippen LogP contribution >= 0.6 is 11.6 Å². The van der Waals surface area contributed by atoms with Crippen molar-refractivity contribution in [3.63, 3.8) is 0 Å². The number of rotatable bonds is 0. The summed E-state index contributed by atoms with van der Waals surface area (Å²) in [5, 5.41) is 0.488. The van der Waals surface area contributed by atoms with Crippen LogP contribution in [0, 0.1) is 17.3 Å². The Morgan fingerprint density at radius 3 is 2.50 bits per heavy atom. The molecule has 10 heavy (non-hydrogen) atoms. The van der Waals surface area contributed by atoms with Gasteiger partial charge in [-0.1, -0.05) is 12.2 Å². The highest BCUT2D eigenvalue weighted by molar-refractivity contribution is 6.22. The molecule has 3 aliphatic rings. The quantitative estimate of drug-likeness (QED) is 0.372. The number of fused-ring (bicyclic) bond motifs is 3. The first-order valence-corrected chi connectivity index (χ1v) is 4.59. The Hall–Kier alpha value is 0.0300. The SMILES string of the molecule is ClC1C2C=CC(C2)C12CC2. The number of allylic oxidation sites excluding steroid dienone is 2. The molecule has 0 aromatic carbocycles. The maximum atomic E-state index is 6.31. The molecular weight excluding hydrogens is 144 g/mol. The van der Waals surface area contributed by atoms with Gasteiger partial charge in [-0.15, -0.1) is 11.6 Å². The van der Waals surface area contributed by atoms with Gasteiger partial charge < -0.3 is 0 Å². The van der Waals surface area contributed by atoms with Crippen LogP contribution < -0.4 is 0 Å². The summed E-state index contributed by atoms with van der Waals surface area (Å²) in [6.45, 7) is 0. The topological polar surface area (TPSA) is 0 Å². The second kappa shape index (κ2) is 1.45. The average Bonchev–Trinajstić information content (AvgIpc) is 2.51. The van der Waals surface area contributed by atoms with E-state index >= 15 is 0 Å². The standard InChI is InChI=1S/C9H11Cl/c10-8-6-1-2-7(5-6)9(8)3-4-9/h1-2,6-8H,3-5H2. The second-order valence-corrected chi connectivity index (χ2v) is 4.50. The van der Waals surface area contributed by atoms with Crippen LogP contribution in [0.2, 0.25) is 0 Å². The first kappa shape index (κ1) is 5.65. The minimum absolute atomic E-state index is 0.488. The summed E-state index contributed by atoms with van der Waals surface area (Å²) in [7, 11) is 0. The molecule has 3 unspecified atom stereocenters. The van der Waals surface area contributed by atoms with Crippen molar-refractivity contribution in [2.45, 2.75) is 24.6 Å². The summed E-state index contributed by atoms with van der Waals surface area (Å²) in [4.78, 5) is 0. The van der Waals surface area contributed by atoms with Gasteiger partial charge in [-0.25, -0.2) is 0 Å². The molecule has 2 bridgehead atoms. The average molecular weight is 155 g/mol. The predicted octanol–water partition coefficient (Wildman–Crippen LogP) is 2.58. The molecule has 0 heterocycles. The van der Waals surface area contributed by atoms with Gasteiger partial charge in [-0.3, -0.25) is 0 Å². The summed E-state index contributed by atoms with van der Waals surface area (Å²) in [6, 6.07) is 0. The molecular formula is C9H11Cl. The van der Waals surface area contributed by atoms with Crippen LogP contribution in [-0.2, 0) is 0 Å². The second-order valence-electron chi connectivity index (χ2n) is 4.03. The van der Waals surface area contributed by atoms with Crippen LogP contribution in [0.15, 0.2) is 12.2 Å². The van der Waals surface area contributed by atoms with Gasteiger partial charge >= 0.3 is 0 Å². The maximum Gasteiger partial charge on any atom is 0.0460 e. The van der Waals surface area contributed by atoms with Gasteiger partial charge in [0.1, 0.15) is 0 Å². The van der Waals surface area contributed by atoms with Crippen molar-refractivity contribution in [1.82, 2.24) is 0 Å². The fourth-order valence-electron chi connectivity index (χ4n) is 2.79. The molecule has 1 heteroatoms. The van der Waals surface area contributed by atoms with E-state index in [0.717, 1.165) is 11.8 Å². The van der Waals surface area contributed by atoms with Crippen LogP contribution in [-0.4, -0.2) is 5.38 Å². The third-order valence-corrected chi connectivity index (χ3v) is 4.37. The Kier molecular flexibility index (Phi) is 0.820. The molecule has 0 nitrogen and oxygen atoms in total. The van der Waals surface area contributed by atoms with Crippen molar-refractivity contribution in [3.05, 3.63) is 12.2 Å². The van der Waals surface area contributed by atoms with E-state index in [1.54, 1.807) is 0 Å². The zero-order valence-electron chi connectivity index (χ0n) is 5.89. The Bertz CT molecular complexity index is 203. The van der Waals surface area contributed by atoms with Crippen LogP contribution in [0.1, 0.15) is 19.3 Å². The minimum atomic E-state index is 0.488. The van der Waals surface area contributed by atoms with Crippen molar-refractivity contribution < 1.29 is 0 Å². The number of alkyl halides is 1. The molecule has 0 saturated heterocycles. The van der Waals surface area contributed by atoms with Gasteiger partial charge in [0.15, 0.2) is 0 Å². The highest BCUT2D eigenvalue weighted by atomic mass is 35.5. The molecule has 0 aromatic rings. The smallest absolute Gasteiger partial charge is 0.0460 e. The molecule has 0 amide bonds. The van der Waals surface area contributed by atoms with E-state index in [9.17, 15) is 0 Å². The summed E-state index contributed by atoms with van der Waals surface area (Å²) in [5.41, 5.74) is 0.598. The summed E-state index contributed by atoms with van der Waals surface area (Å²) < 4.78 is 0. The lowest BCUT2D eigenvalue weighted by Gasteiger charge is -2.21. The number of hydrogen-bond acceptors (Lipinski definition) is 0. The molecule has 2 saturated carbocycles. The zero-order valence-corrected chi connectivity index (χ0v) is 6.64.